The number of aryl methyl sites for hydroxylation is 1. The van der Waals surface area contributed by atoms with Gasteiger partial charge in [-0.1, -0.05) is 50.6 Å². The highest BCUT2D eigenvalue weighted by Crippen LogP contribution is 2.17. The fraction of sp³-hybridized carbons (Fsp3) is 0.571. The zero-order chi connectivity index (χ0) is 11.3. The summed E-state index contributed by atoms with van der Waals surface area (Å²) >= 11 is 0. The van der Waals surface area contributed by atoms with Crippen LogP contribution in [0.3, 0.4) is 0 Å². The predicted molar refractivity (Wildman–Crippen MR) is 67.1 cm³/mol. The average molecular weight is 205 g/mol. The Balaban J connectivity index is 2.61. The zero-order valence-corrected chi connectivity index (χ0v) is 10.4. The SMILES string of the molecule is CC[C@H](NCC(C)C)c1ccc(C)cc1. The minimum absolute atomic E-state index is 0.507. The molecule has 0 aliphatic heterocycles. The van der Waals surface area contributed by atoms with Crippen LogP contribution >= 0.6 is 0 Å². The highest BCUT2D eigenvalue weighted by atomic mass is 14.9. The summed E-state index contributed by atoms with van der Waals surface area (Å²) in [5.74, 6) is 0.712. The Morgan fingerprint density at radius 1 is 1.13 bits per heavy atom. The third-order valence-corrected chi connectivity index (χ3v) is 2.66. The smallest absolute Gasteiger partial charge is 0.0317 e. The number of rotatable bonds is 5. The standard InChI is InChI=1S/C14H23N/c1-5-14(15-10-11(2)3)13-8-6-12(4)7-9-13/h6-9,11,14-15H,5,10H2,1-4H3/t14-/m0/s1. The molecule has 1 heteroatoms. The van der Waals surface area contributed by atoms with Crippen LogP contribution in [0.1, 0.15) is 44.4 Å². The lowest BCUT2D eigenvalue weighted by Crippen LogP contribution is -2.24. The normalized spacial score (nSPS) is 13.1. The number of nitrogens with one attached hydrogen (secondary N) is 1. The summed E-state index contributed by atoms with van der Waals surface area (Å²) in [7, 11) is 0. The van der Waals surface area contributed by atoms with Crippen molar-refractivity contribution in [2.75, 3.05) is 6.54 Å². The second kappa shape index (κ2) is 5.92. The molecule has 0 heterocycles. The van der Waals surface area contributed by atoms with Crippen molar-refractivity contribution in [3.63, 3.8) is 0 Å². The van der Waals surface area contributed by atoms with Crippen LogP contribution in [0.25, 0.3) is 0 Å². The van der Waals surface area contributed by atoms with Gasteiger partial charge in [0.1, 0.15) is 0 Å². The zero-order valence-electron chi connectivity index (χ0n) is 10.4. The Hall–Kier alpha value is -0.820. The molecule has 0 spiro atoms. The maximum atomic E-state index is 3.60. The maximum Gasteiger partial charge on any atom is 0.0317 e. The van der Waals surface area contributed by atoms with E-state index in [1.165, 1.54) is 11.1 Å². The minimum Gasteiger partial charge on any atom is -0.310 e. The molecule has 0 unspecified atom stereocenters. The summed E-state index contributed by atoms with van der Waals surface area (Å²) in [6, 6.07) is 9.35. The van der Waals surface area contributed by atoms with E-state index in [1.807, 2.05) is 0 Å². The lowest BCUT2D eigenvalue weighted by Gasteiger charge is -2.19. The van der Waals surface area contributed by atoms with E-state index in [9.17, 15) is 0 Å². The second-order valence-corrected chi connectivity index (χ2v) is 4.67. The molecule has 1 N–H and O–H groups in total. The third-order valence-electron chi connectivity index (χ3n) is 2.66. The van der Waals surface area contributed by atoms with Gasteiger partial charge in [0.25, 0.3) is 0 Å². The number of hydrogen-bond donors (Lipinski definition) is 1. The van der Waals surface area contributed by atoms with E-state index in [0.717, 1.165) is 13.0 Å². The molecule has 84 valence electrons. The molecule has 0 aromatic heterocycles. The van der Waals surface area contributed by atoms with E-state index in [2.05, 4.69) is 57.3 Å². The second-order valence-electron chi connectivity index (χ2n) is 4.67. The molecule has 0 saturated heterocycles. The van der Waals surface area contributed by atoms with Crippen LogP contribution in [-0.2, 0) is 0 Å². The molecule has 0 amide bonds. The van der Waals surface area contributed by atoms with Crippen molar-refractivity contribution >= 4 is 0 Å². The first kappa shape index (κ1) is 12.3. The largest absolute Gasteiger partial charge is 0.310 e. The summed E-state index contributed by atoms with van der Waals surface area (Å²) in [4.78, 5) is 0. The predicted octanol–water partition coefficient (Wildman–Crippen LogP) is 3.69. The molecule has 0 fully saturated rings. The van der Waals surface area contributed by atoms with Crippen LogP contribution < -0.4 is 5.32 Å². The Bertz CT molecular complexity index is 274. The highest BCUT2D eigenvalue weighted by Gasteiger charge is 2.08. The average Bonchev–Trinajstić information content (AvgIpc) is 2.21. The molecule has 1 aromatic carbocycles. The summed E-state index contributed by atoms with van der Waals surface area (Å²) in [5.41, 5.74) is 2.74. The Morgan fingerprint density at radius 3 is 2.20 bits per heavy atom. The molecule has 1 atom stereocenters. The molecule has 1 aromatic rings. The van der Waals surface area contributed by atoms with Crippen molar-refractivity contribution in [2.45, 2.75) is 40.2 Å². The molecule has 1 nitrogen and oxygen atoms in total. The van der Waals surface area contributed by atoms with Crippen LogP contribution in [0.2, 0.25) is 0 Å². The van der Waals surface area contributed by atoms with E-state index < -0.39 is 0 Å². The summed E-state index contributed by atoms with van der Waals surface area (Å²) < 4.78 is 0. The van der Waals surface area contributed by atoms with Gasteiger partial charge in [-0.15, -0.1) is 0 Å². The van der Waals surface area contributed by atoms with E-state index in [-0.39, 0.29) is 0 Å². The lowest BCUT2D eigenvalue weighted by molar-refractivity contribution is 0.465. The van der Waals surface area contributed by atoms with Gasteiger partial charge < -0.3 is 5.32 Å². The maximum absolute atomic E-state index is 3.60. The van der Waals surface area contributed by atoms with Gasteiger partial charge in [-0.25, -0.2) is 0 Å². The molecule has 15 heavy (non-hydrogen) atoms. The molecular weight excluding hydrogens is 182 g/mol. The van der Waals surface area contributed by atoms with E-state index >= 15 is 0 Å². The van der Waals surface area contributed by atoms with E-state index in [0.29, 0.717) is 12.0 Å². The van der Waals surface area contributed by atoms with Crippen LogP contribution in [0.15, 0.2) is 24.3 Å². The van der Waals surface area contributed by atoms with Gasteiger partial charge in [0, 0.05) is 6.04 Å². The monoisotopic (exact) mass is 205 g/mol. The lowest BCUT2D eigenvalue weighted by atomic mass is 10.0. The molecule has 0 aliphatic rings. The first-order chi connectivity index (χ1) is 7.13. The van der Waals surface area contributed by atoms with E-state index in [1.54, 1.807) is 0 Å². The minimum atomic E-state index is 0.507. The van der Waals surface area contributed by atoms with Crippen molar-refractivity contribution in [1.29, 1.82) is 0 Å². The Kier molecular flexibility index (Phi) is 4.83. The fourth-order valence-corrected chi connectivity index (χ4v) is 1.67. The fourth-order valence-electron chi connectivity index (χ4n) is 1.67. The van der Waals surface area contributed by atoms with Gasteiger partial charge in [-0.2, -0.15) is 0 Å². The van der Waals surface area contributed by atoms with Crippen molar-refractivity contribution in [1.82, 2.24) is 5.32 Å². The van der Waals surface area contributed by atoms with Gasteiger partial charge >= 0.3 is 0 Å². The third kappa shape index (κ3) is 4.05. The van der Waals surface area contributed by atoms with Gasteiger partial charge in [0.15, 0.2) is 0 Å². The summed E-state index contributed by atoms with van der Waals surface area (Å²) in [6.45, 7) is 9.94. The van der Waals surface area contributed by atoms with Crippen LogP contribution in [0.5, 0.6) is 0 Å². The molecule has 0 radical (unpaired) electrons. The van der Waals surface area contributed by atoms with Crippen molar-refractivity contribution in [3.05, 3.63) is 35.4 Å². The quantitative estimate of drug-likeness (QED) is 0.773. The molecular formula is C14H23N. The van der Waals surface area contributed by atoms with Gasteiger partial charge in [0.05, 0.1) is 0 Å². The van der Waals surface area contributed by atoms with Crippen molar-refractivity contribution < 1.29 is 0 Å². The van der Waals surface area contributed by atoms with Crippen LogP contribution in [0, 0.1) is 12.8 Å². The highest BCUT2D eigenvalue weighted by molar-refractivity contribution is 5.23. The topological polar surface area (TPSA) is 12.0 Å². The van der Waals surface area contributed by atoms with Crippen molar-refractivity contribution in [2.24, 2.45) is 5.92 Å². The van der Waals surface area contributed by atoms with Gasteiger partial charge in [-0.3, -0.25) is 0 Å². The van der Waals surface area contributed by atoms with Crippen molar-refractivity contribution in [3.8, 4) is 0 Å². The molecule has 1 rings (SSSR count). The van der Waals surface area contributed by atoms with E-state index in [4.69, 9.17) is 0 Å². The van der Waals surface area contributed by atoms with Crippen LogP contribution in [0.4, 0.5) is 0 Å². The van der Waals surface area contributed by atoms with Crippen LogP contribution in [-0.4, -0.2) is 6.54 Å². The van der Waals surface area contributed by atoms with Gasteiger partial charge in [0.2, 0.25) is 0 Å². The number of hydrogen-bond acceptors (Lipinski definition) is 1. The summed E-state index contributed by atoms with van der Waals surface area (Å²) in [5, 5.41) is 3.60. The molecule has 0 saturated carbocycles. The first-order valence-electron chi connectivity index (χ1n) is 5.93. The first-order valence-corrected chi connectivity index (χ1v) is 5.93. The Morgan fingerprint density at radius 2 is 1.73 bits per heavy atom. The molecule has 0 aliphatic carbocycles. The molecule has 0 bridgehead atoms. The number of benzene rings is 1. The van der Waals surface area contributed by atoms with Gasteiger partial charge in [-0.05, 0) is 31.4 Å². The summed E-state index contributed by atoms with van der Waals surface area (Å²) in [6.07, 6.45) is 1.15. The Labute approximate surface area is 93.9 Å².